The molecule has 19 heavy (non-hydrogen) atoms. The van der Waals surface area contributed by atoms with E-state index in [9.17, 15) is 13.2 Å². The van der Waals surface area contributed by atoms with Crippen molar-refractivity contribution in [1.82, 2.24) is 4.98 Å². The monoisotopic (exact) mass is 297 g/mol. The zero-order chi connectivity index (χ0) is 14.5. The van der Waals surface area contributed by atoms with Crippen LogP contribution in [0.1, 0.15) is 5.69 Å². The first-order chi connectivity index (χ1) is 8.87. The summed E-state index contributed by atoms with van der Waals surface area (Å²) in [4.78, 5) is 8.41. The summed E-state index contributed by atoms with van der Waals surface area (Å²) in [5, 5.41) is 3.68. The minimum atomic E-state index is -4.43. The van der Waals surface area contributed by atoms with Gasteiger partial charge >= 0.3 is 6.18 Å². The van der Waals surface area contributed by atoms with Crippen molar-refractivity contribution in [3.05, 3.63) is 23.0 Å². The number of oxime groups is 1. The average molecular weight is 298 g/mol. The highest BCUT2D eigenvalue weighted by Crippen LogP contribution is 2.23. The van der Waals surface area contributed by atoms with Gasteiger partial charge in [0.2, 0.25) is 0 Å². The standard InChI is InChI=1S/C10H11ClF3N3O2/c1-18-17-8(3-15)9-7(11)2-6(4-16-9)19-5-10(12,13)14/h2,4H,3,5,15H2,1H3/b17-8+. The van der Waals surface area contributed by atoms with Crippen LogP contribution in [-0.2, 0) is 4.84 Å². The van der Waals surface area contributed by atoms with E-state index in [1.807, 2.05) is 0 Å². The Morgan fingerprint density at radius 3 is 2.68 bits per heavy atom. The van der Waals surface area contributed by atoms with Crippen LogP contribution in [0.5, 0.6) is 5.75 Å². The van der Waals surface area contributed by atoms with Gasteiger partial charge in [-0.3, -0.25) is 0 Å². The fourth-order valence-electron chi connectivity index (χ4n) is 1.16. The summed E-state index contributed by atoms with van der Waals surface area (Å²) in [6.45, 7) is -1.40. The smallest absolute Gasteiger partial charge is 0.422 e. The maximum atomic E-state index is 12.0. The van der Waals surface area contributed by atoms with Gasteiger partial charge in [-0.05, 0) is 0 Å². The molecule has 1 rings (SSSR count). The molecule has 0 fully saturated rings. The normalized spacial score (nSPS) is 12.4. The maximum Gasteiger partial charge on any atom is 0.422 e. The molecule has 0 aromatic carbocycles. The third-order valence-electron chi connectivity index (χ3n) is 1.89. The number of nitrogens with zero attached hydrogens (tertiary/aromatic N) is 2. The number of ether oxygens (including phenoxy) is 1. The third kappa shape index (κ3) is 4.92. The second kappa shape index (κ2) is 6.58. The summed E-state index contributed by atoms with van der Waals surface area (Å²) < 4.78 is 40.4. The van der Waals surface area contributed by atoms with Crippen molar-refractivity contribution in [2.45, 2.75) is 6.18 Å². The van der Waals surface area contributed by atoms with Gasteiger partial charge in [0, 0.05) is 12.6 Å². The fourth-order valence-corrected chi connectivity index (χ4v) is 1.43. The molecule has 0 spiro atoms. The Hall–Kier alpha value is -1.54. The average Bonchev–Trinajstić information content (AvgIpc) is 2.33. The van der Waals surface area contributed by atoms with Crippen LogP contribution in [0.15, 0.2) is 17.4 Å². The van der Waals surface area contributed by atoms with Crippen molar-refractivity contribution in [3.8, 4) is 5.75 Å². The highest BCUT2D eigenvalue weighted by atomic mass is 35.5. The van der Waals surface area contributed by atoms with Gasteiger partial charge in [-0.15, -0.1) is 0 Å². The Morgan fingerprint density at radius 2 is 2.21 bits per heavy atom. The molecule has 0 aliphatic heterocycles. The van der Waals surface area contributed by atoms with Gasteiger partial charge in [0.05, 0.1) is 11.2 Å². The Balaban J connectivity index is 2.88. The van der Waals surface area contributed by atoms with Crippen molar-refractivity contribution in [2.24, 2.45) is 10.9 Å². The number of halogens is 4. The van der Waals surface area contributed by atoms with E-state index in [2.05, 4.69) is 19.7 Å². The van der Waals surface area contributed by atoms with Crippen LogP contribution in [0.3, 0.4) is 0 Å². The molecule has 0 radical (unpaired) electrons. The van der Waals surface area contributed by atoms with E-state index >= 15 is 0 Å². The van der Waals surface area contributed by atoms with E-state index in [0.717, 1.165) is 6.20 Å². The lowest BCUT2D eigenvalue weighted by molar-refractivity contribution is -0.153. The number of pyridine rings is 1. The van der Waals surface area contributed by atoms with Crippen LogP contribution in [0.25, 0.3) is 0 Å². The molecule has 0 bridgehead atoms. The quantitative estimate of drug-likeness (QED) is 0.666. The summed E-state index contributed by atoms with van der Waals surface area (Å²) in [6.07, 6.45) is -3.32. The molecule has 0 amide bonds. The van der Waals surface area contributed by atoms with E-state index in [4.69, 9.17) is 17.3 Å². The molecule has 9 heteroatoms. The van der Waals surface area contributed by atoms with E-state index < -0.39 is 12.8 Å². The summed E-state index contributed by atoms with van der Waals surface area (Å²) in [6, 6.07) is 1.20. The van der Waals surface area contributed by atoms with Crippen molar-refractivity contribution in [2.75, 3.05) is 20.3 Å². The van der Waals surface area contributed by atoms with E-state index in [-0.39, 0.29) is 28.7 Å². The zero-order valence-corrected chi connectivity index (χ0v) is 10.6. The van der Waals surface area contributed by atoms with Crippen LogP contribution < -0.4 is 10.5 Å². The number of nitrogens with two attached hydrogens (primary N) is 1. The van der Waals surface area contributed by atoms with Crippen molar-refractivity contribution < 1.29 is 22.7 Å². The van der Waals surface area contributed by atoms with Gasteiger partial charge in [0.25, 0.3) is 0 Å². The number of hydrogen-bond acceptors (Lipinski definition) is 5. The number of aromatic nitrogens is 1. The number of hydrogen-bond donors (Lipinski definition) is 1. The summed E-state index contributed by atoms with van der Waals surface area (Å²) >= 11 is 5.87. The van der Waals surface area contributed by atoms with Gasteiger partial charge < -0.3 is 15.3 Å². The van der Waals surface area contributed by atoms with Crippen molar-refractivity contribution >= 4 is 17.3 Å². The SMILES string of the molecule is CO/N=C(\CN)c1ncc(OCC(F)(F)F)cc1Cl. The zero-order valence-electron chi connectivity index (χ0n) is 9.87. The van der Waals surface area contributed by atoms with Gasteiger partial charge in [-0.1, -0.05) is 16.8 Å². The lowest BCUT2D eigenvalue weighted by atomic mass is 10.2. The molecule has 0 saturated carbocycles. The summed E-state index contributed by atoms with van der Waals surface area (Å²) in [5.41, 5.74) is 5.92. The molecular weight excluding hydrogens is 287 g/mol. The molecule has 106 valence electrons. The largest absolute Gasteiger partial charge is 0.482 e. The Morgan fingerprint density at radius 1 is 1.53 bits per heavy atom. The topological polar surface area (TPSA) is 69.7 Å². The molecule has 1 heterocycles. The molecule has 2 N–H and O–H groups in total. The van der Waals surface area contributed by atoms with Crippen LogP contribution in [0.2, 0.25) is 5.02 Å². The molecule has 0 aliphatic rings. The molecule has 1 aromatic rings. The first kappa shape index (κ1) is 15.5. The van der Waals surface area contributed by atoms with Crippen molar-refractivity contribution in [3.63, 3.8) is 0 Å². The minimum absolute atomic E-state index is 0.0172. The second-order valence-corrected chi connectivity index (χ2v) is 3.74. The van der Waals surface area contributed by atoms with Gasteiger partial charge in [0.15, 0.2) is 6.61 Å². The minimum Gasteiger partial charge on any atom is -0.482 e. The molecule has 0 unspecified atom stereocenters. The molecule has 0 saturated heterocycles. The second-order valence-electron chi connectivity index (χ2n) is 3.33. The maximum absolute atomic E-state index is 12.0. The lowest BCUT2D eigenvalue weighted by Gasteiger charge is -2.10. The van der Waals surface area contributed by atoms with Crippen LogP contribution >= 0.6 is 11.6 Å². The molecule has 0 aliphatic carbocycles. The van der Waals surface area contributed by atoms with Gasteiger partial charge in [-0.2, -0.15) is 13.2 Å². The molecule has 0 atom stereocenters. The van der Waals surface area contributed by atoms with Crippen molar-refractivity contribution in [1.29, 1.82) is 0 Å². The van der Waals surface area contributed by atoms with Crippen LogP contribution in [0.4, 0.5) is 13.2 Å². The Bertz CT molecular complexity index is 466. The molecule has 1 aromatic heterocycles. The lowest BCUT2D eigenvalue weighted by Crippen LogP contribution is -2.20. The van der Waals surface area contributed by atoms with Gasteiger partial charge in [0.1, 0.15) is 24.3 Å². The first-order valence-corrected chi connectivity index (χ1v) is 5.40. The number of alkyl halides is 3. The summed E-state index contributed by atoms with van der Waals surface area (Å²) in [5.74, 6) is -0.0973. The molecule has 5 nitrogen and oxygen atoms in total. The Kier molecular flexibility index (Phi) is 5.37. The number of rotatable bonds is 5. The van der Waals surface area contributed by atoms with E-state index in [1.54, 1.807) is 0 Å². The van der Waals surface area contributed by atoms with E-state index in [1.165, 1.54) is 13.2 Å². The summed E-state index contributed by atoms with van der Waals surface area (Å²) in [7, 11) is 1.32. The van der Waals surface area contributed by atoms with E-state index in [0.29, 0.717) is 0 Å². The highest BCUT2D eigenvalue weighted by molar-refractivity contribution is 6.34. The predicted octanol–water partition coefficient (Wildman–Crippen LogP) is 1.99. The van der Waals surface area contributed by atoms with Gasteiger partial charge in [-0.25, -0.2) is 4.98 Å². The van der Waals surface area contributed by atoms with Crippen LogP contribution in [0, 0.1) is 0 Å². The Labute approximate surface area is 112 Å². The third-order valence-corrected chi connectivity index (χ3v) is 2.17. The fraction of sp³-hybridized carbons (Fsp3) is 0.400. The predicted molar refractivity (Wildman–Crippen MR) is 63.4 cm³/mol. The molecular formula is C10H11ClF3N3O2. The van der Waals surface area contributed by atoms with Crippen LogP contribution in [-0.4, -0.2) is 37.1 Å². The highest BCUT2D eigenvalue weighted by Gasteiger charge is 2.28. The first-order valence-electron chi connectivity index (χ1n) is 5.03.